The van der Waals surface area contributed by atoms with Crippen LogP contribution in [0.2, 0.25) is 0 Å². The molecular weight excluding hydrogens is 542 g/mol. The molecule has 3 aromatic carbocycles. The molecule has 2 N–H and O–H groups in total. The number of benzene rings is 3. The van der Waals surface area contributed by atoms with Crippen molar-refractivity contribution in [3.63, 3.8) is 0 Å². The number of sulfonamides is 2. The topological polar surface area (TPSA) is 148 Å². The van der Waals surface area contributed by atoms with Gasteiger partial charge < -0.3 is 10.1 Å². The van der Waals surface area contributed by atoms with Crippen molar-refractivity contribution in [2.45, 2.75) is 16.7 Å². The Morgan fingerprint density at radius 2 is 1.54 bits per heavy atom. The molecular formula is C26H25N5O6S2. The third kappa shape index (κ3) is 6.51. The summed E-state index contributed by atoms with van der Waals surface area (Å²) in [4.78, 5) is 20.7. The summed E-state index contributed by atoms with van der Waals surface area (Å²) in [6.45, 7) is 1.23. The molecule has 13 heteroatoms. The number of carbonyl (C=O) groups is 1. The van der Waals surface area contributed by atoms with E-state index >= 15 is 0 Å². The molecule has 11 nitrogen and oxygen atoms in total. The maximum absolute atomic E-state index is 13.6. The zero-order valence-electron chi connectivity index (χ0n) is 21.0. The van der Waals surface area contributed by atoms with Gasteiger partial charge in [0.05, 0.1) is 22.6 Å². The van der Waals surface area contributed by atoms with E-state index in [1.807, 2.05) is 0 Å². The molecule has 0 radical (unpaired) electrons. The Balaban J connectivity index is 1.58. The van der Waals surface area contributed by atoms with E-state index in [-0.39, 0.29) is 32.9 Å². The predicted octanol–water partition coefficient (Wildman–Crippen LogP) is 3.43. The van der Waals surface area contributed by atoms with Gasteiger partial charge in [0, 0.05) is 18.1 Å². The lowest BCUT2D eigenvalue weighted by atomic mass is 10.2. The Hall–Kier alpha value is -4.49. The first kappa shape index (κ1) is 27.5. The third-order valence-electron chi connectivity index (χ3n) is 5.46. The van der Waals surface area contributed by atoms with Crippen molar-refractivity contribution in [1.82, 2.24) is 9.97 Å². The van der Waals surface area contributed by atoms with Crippen LogP contribution in [0.1, 0.15) is 5.56 Å². The summed E-state index contributed by atoms with van der Waals surface area (Å²) in [7, 11) is -6.71. The lowest BCUT2D eigenvalue weighted by molar-refractivity contribution is -0.114. The second-order valence-corrected chi connectivity index (χ2v) is 11.8. The van der Waals surface area contributed by atoms with E-state index in [1.54, 1.807) is 49.4 Å². The van der Waals surface area contributed by atoms with Gasteiger partial charge in [0.1, 0.15) is 12.3 Å². The summed E-state index contributed by atoms with van der Waals surface area (Å²) in [5.41, 5.74) is 1.24. The van der Waals surface area contributed by atoms with Gasteiger partial charge in [0.2, 0.25) is 11.9 Å². The summed E-state index contributed by atoms with van der Waals surface area (Å²) in [5, 5.41) is 2.62. The highest BCUT2D eigenvalue weighted by molar-refractivity contribution is 7.93. The maximum Gasteiger partial charge on any atom is 0.264 e. The molecule has 0 aliphatic rings. The van der Waals surface area contributed by atoms with Gasteiger partial charge in [-0.1, -0.05) is 24.3 Å². The van der Waals surface area contributed by atoms with Crippen LogP contribution < -0.4 is 19.1 Å². The second kappa shape index (κ2) is 11.5. The number of amides is 1. The summed E-state index contributed by atoms with van der Waals surface area (Å²) in [6.07, 6.45) is 2.80. The monoisotopic (exact) mass is 567 g/mol. The molecule has 39 heavy (non-hydrogen) atoms. The van der Waals surface area contributed by atoms with Crippen LogP contribution in [0, 0.1) is 6.92 Å². The molecule has 1 amide bonds. The zero-order chi connectivity index (χ0) is 28.0. The van der Waals surface area contributed by atoms with Crippen molar-refractivity contribution in [3.05, 3.63) is 96.8 Å². The molecule has 1 heterocycles. The molecule has 0 fully saturated rings. The van der Waals surface area contributed by atoms with Gasteiger partial charge in [0.25, 0.3) is 20.0 Å². The van der Waals surface area contributed by atoms with Gasteiger partial charge >= 0.3 is 0 Å². The summed E-state index contributed by atoms with van der Waals surface area (Å²) < 4.78 is 61.1. The normalized spacial score (nSPS) is 11.4. The van der Waals surface area contributed by atoms with Gasteiger partial charge in [-0.15, -0.1) is 0 Å². The Morgan fingerprint density at radius 3 is 2.18 bits per heavy atom. The van der Waals surface area contributed by atoms with Crippen molar-refractivity contribution in [2.24, 2.45) is 0 Å². The lowest BCUT2D eigenvalue weighted by Crippen LogP contribution is -2.38. The molecule has 0 saturated carbocycles. The Morgan fingerprint density at radius 1 is 0.872 bits per heavy atom. The molecule has 202 valence electrons. The smallest absolute Gasteiger partial charge is 0.264 e. The number of ether oxygens (including phenoxy) is 1. The minimum atomic E-state index is -4.15. The first-order valence-corrected chi connectivity index (χ1v) is 14.4. The van der Waals surface area contributed by atoms with Crippen LogP contribution in [-0.4, -0.2) is 46.4 Å². The highest BCUT2D eigenvalue weighted by Crippen LogP contribution is 2.33. The number of carbonyl (C=O) groups excluding carboxylic acids is 1. The zero-order valence-corrected chi connectivity index (χ0v) is 22.6. The predicted molar refractivity (Wildman–Crippen MR) is 147 cm³/mol. The molecule has 0 aliphatic carbocycles. The summed E-state index contributed by atoms with van der Waals surface area (Å²) >= 11 is 0. The highest BCUT2D eigenvalue weighted by atomic mass is 32.2. The third-order valence-corrected chi connectivity index (χ3v) is 8.58. The van der Waals surface area contributed by atoms with Gasteiger partial charge in [-0.2, -0.15) is 0 Å². The Labute approximate surface area is 226 Å². The number of rotatable bonds is 10. The van der Waals surface area contributed by atoms with Crippen molar-refractivity contribution < 1.29 is 26.4 Å². The van der Waals surface area contributed by atoms with E-state index in [2.05, 4.69) is 20.0 Å². The number of aryl methyl sites for hydroxylation is 1. The highest BCUT2D eigenvalue weighted by Gasteiger charge is 2.29. The molecule has 1 aromatic heterocycles. The molecule has 0 bridgehead atoms. The number of methoxy groups -OCH3 is 1. The van der Waals surface area contributed by atoms with Gasteiger partial charge in [-0.05, 0) is 67.1 Å². The van der Waals surface area contributed by atoms with E-state index in [0.717, 1.165) is 9.87 Å². The average molecular weight is 568 g/mol. The van der Waals surface area contributed by atoms with Gasteiger partial charge in [-0.25, -0.2) is 31.5 Å². The fourth-order valence-electron chi connectivity index (χ4n) is 3.59. The van der Waals surface area contributed by atoms with E-state index in [1.165, 1.54) is 55.9 Å². The SMILES string of the molecule is COc1ccc(C)cc1N(CC(=O)Nc1ccc(S(=O)(=O)Nc2ncccn2)cc1)S(=O)(=O)c1ccccc1. The largest absolute Gasteiger partial charge is 0.495 e. The molecule has 0 spiro atoms. The van der Waals surface area contributed by atoms with Gasteiger partial charge in [-0.3, -0.25) is 9.10 Å². The fourth-order valence-corrected chi connectivity index (χ4v) is 6.00. The molecule has 0 aliphatic heterocycles. The first-order valence-electron chi connectivity index (χ1n) is 11.5. The number of hydrogen-bond donors (Lipinski definition) is 2. The second-order valence-electron chi connectivity index (χ2n) is 8.25. The van der Waals surface area contributed by atoms with Crippen molar-refractivity contribution in [1.29, 1.82) is 0 Å². The Kier molecular flexibility index (Phi) is 8.12. The van der Waals surface area contributed by atoms with Crippen LogP contribution in [0.15, 0.2) is 101 Å². The van der Waals surface area contributed by atoms with E-state index < -0.39 is 32.5 Å². The standard InChI is InChI=1S/C26H25N5O6S2/c1-19-9-14-24(37-2)23(17-19)31(39(35,36)22-7-4-3-5-8-22)18-25(32)29-20-10-12-21(13-11-20)38(33,34)30-26-27-15-6-16-28-26/h3-17H,18H2,1-2H3,(H,29,32)(H,27,28,30). The van der Waals surface area contributed by atoms with E-state index in [0.29, 0.717) is 0 Å². The summed E-state index contributed by atoms with van der Waals surface area (Å²) in [5.74, 6) is -0.456. The molecule has 0 saturated heterocycles. The first-order chi connectivity index (χ1) is 18.6. The Bertz CT molecular complexity index is 1670. The fraction of sp³-hybridized carbons (Fsp3) is 0.115. The minimum Gasteiger partial charge on any atom is -0.495 e. The number of nitrogens with one attached hydrogen (secondary N) is 2. The lowest BCUT2D eigenvalue weighted by Gasteiger charge is -2.26. The number of nitrogens with zero attached hydrogens (tertiary/aromatic N) is 3. The van der Waals surface area contributed by atoms with Crippen LogP contribution >= 0.6 is 0 Å². The minimum absolute atomic E-state index is 0.00538. The molecule has 4 rings (SSSR count). The van der Waals surface area contributed by atoms with Gasteiger partial charge in [0.15, 0.2) is 0 Å². The van der Waals surface area contributed by atoms with Crippen LogP contribution in [0.5, 0.6) is 5.75 Å². The average Bonchev–Trinajstić information content (AvgIpc) is 2.93. The van der Waals surface area contributed by atoms with Crippen molar-refractivity contribution in [2.75, 3.05) is 28.0 Å². The number of hydrogen-bond acceptors (Lipinski definition) is 8. The van der Waals surface area contributed by atoms with Crippen molar-refractivity contribution >= 4 is 43.3 Å². The summed E-state index contributed by atoms with van der Waals surface area (Å²) in [6, 6.07) is 19.7. The van der Waals surface area contributed by atoms with Crippen LogP contribution in [-0.2, 0) is 24.8 Å². The number of aromatic nitrogens is 2. The van der Waals surface area contributed by atoms with Crippen LogP contribution in [0.3, 0.4) is 0 Å². The van der Waals surface area contributed by atoms with Crippen LogP contribution in [0.4, 0.5) is 17.3 Å². The number of anilines is 3. The maximum atomic E-state index is 13.6. The van der Waals surface area contributed by atoms with E-state index in [9.17, 15) is 21.6 Å². The molecule has 0 atom stereocenters. The van der Waals surface area contributed by atoms with E-state index in [4.69, 9.17) is 4.74 Å². The molecule has 0 unspecified atom stereocenters. The van der Waals surface area contributed by atoms with Crippen LogP contribution in [0.25, 0.3) is 0 Å². The molecule has 4 aromatic rings. The van der Waals surface area contributed by atoms with Crippen molar-refractivity contribution in [3.8, 4) is 5.75 Å². The quantitative estimate of drug-likeness (QED) is 0.296.